The molecule has 1 aliphatic heterocycles. The number of hydrogen-bond donors (Lipinski definition) is 1. The van der Waals surface area contributed by atoms with E-state index in [0.29, 0.717) is 12.3 Å². The molecule has 1 saturated heterocycles. The zero-order valence-electron chi connectivity index (χ0n) is 11.8. The summed E-state index contributed by atoms with van der Waals surface area (Å²) in [6, 6.07) is 1.61. The van der Waals surface area contributed by atoms with E-state index in [1.165, 1.54) is 23.1 Å². The highest BCUT2D eigenvalue weighted by Gasteiger charge is 2.39. The second-order valence-corrected chi connectivity index (χ2v) is 11.0. The van der Waals surface area contributed by atoms with Crippen LogP contribution in [0.4, 0.5) is 0 Å². The SMILES string of the molecule is CNCc1cc(S(=O)(=O)N2CCSCC2S(C)(=O)=O)cs1. The molecule has 0 amide bonds. The molecule has 10 heteroatoms. The number of nitrogens with zero attached hydrogens (tertiary/aromatic N) is 1. The van der Waals surface area contributed by atoms with E-state index in [0.717, 1.165) is 15.4 Å². The predicted octanol–water partition coefficient (Wildman–Crippen LogP) is 0.576. The van der Waals surface area contributed by atoms with Crippen LogP contribution >= 0.6 is 23.1 Å². The van der Waals surface area contributed by atoms with Crippen LogP contribution in [0.1, 0.15) is 4.88 Å². The van der Waals surface area contributed by atoms with Gasteiger partial charge in [0.15, 0.2) is 9.84 Å². The molecular formula is C11H18N2O4S4. The van der Waals surface area contributed by atoms with Crippen molar-refractivity contribution in [3.8, 4) is 0 Å². The molecule has 6 nitrogen and oxygen atoms in total. The molecule has 0 spiro atoms. The largest absolute Gasteiger partial charge is 0.315 e. The van der Waals surface area contributed by atoms with Gasteiger partial charge in [0.1, 0.15) is 5.37 Å². The molecule has 120 valence electrons. The number of rotatable bonds is 5. The van der Waals surface area contributed by atoms with Crippen LogP contribution in [0, 0.1) is 0 Å². The average Bonchev–Trinajstić information content (AvgIpc) is 2.87. The Morgan fingerprint density at radius 2 is 2.10 bits per heavy atom. The number of hydrogen-bond acceptors (Lipinski definition) is 7. The van der Waals surface area contributed by atoms with E-state index in [-0.39, 0.29) is 17.2 Å². The van der Waals surface area contributed by atoms with Crippen LogP contribution in [0.5, 0.6) is 0 Å². The van der Waals surface area contributed by atoms with Crippen LogP contribution in [-0.4, -0.2) is 57.9 Å². The van der Waals surface area contributed by atoms with Gasteiger partial charge >= 0.3 is 0 Å². The zero-order valence-corrected chi connectivity index (χ0v) is 15.0. The monoisotopic (exact) mass is 370 g/mol. The second-order valence-electron chi connectivity index (χ2n) is 4.75. The molecule has 0 saturated carbocycles. The Bertz CT molecular complexity index is 696. The second kappa shape index (κ2) is 6.55. The molecule has 0 aromatic carbocycles. The van der Waals surface area contributed by atoms with Crippen LogP contribution < -0.4 is 5.32 Å². The number of sulfonamides is 1. The fraction of sp³-hybridized carbons (Fsp3) is 0.636. The Kier molecular flexibility index (Phi) is 5.37. The van der Waals surface area contributed by atoms with Crippen molar-refractivity contribution < 1.29 is 16.8 Å². The summed E-state index contributed by atoms with van der Waals surface area (Å²) >= 11 is 2.82. The Labute approximate surface area is 133 Å². The van der Waals surface area contributed by atoms with Crippen LogP contribution in [-0.2, 0) is 26.4 Å². The van der Waals surface area contributed by atoms with E-state index in [1.807, 2.05) is 0 Å². The van der Waals surface area contributed by atoms with Crippen molar-refractivity contribution in [3.63, 3.8) is 0 Å². The first-order valence-electron chi connectivity index (χ1n) is 6.27. The van der Waals surface area contributed by atoms with E-state index in [4.69, 9.17) is 0 Å². The maximum absolute atomic E-state index is 12.7. The van der Waals surface area contributed by atoms with E-state index in [1.54, 1.807) is 18.5 Å². The number of nitrogens with one attached hydrogen (secondary N) is 1. The summed E-state index contributed by atoms with van der Waals surface area (Å²) in [5, 5.41) is 3.56. The summed E-state index contributed by atoms with van der Waals surface area (Å²) in [4.78, 5) is 1.08. The molecule has 1 aromatic rings. The van der Waals surface area contributed by atoms with Gasteiger partial charge in [0.2, 0.25) is 10.0 Å². The third-order valence-corrected chi connectivity index (χ3v) is 8.87. The highest BCUT2D eigenvalue weighted by Crippen LogP contribution is 2.29. The van der Waals surface area contributed by atoms with Gasteiger partial charge in [-0.3, -0.25) is 0 Å². The molecule has 1 N–H and O–H groups in total. The Morgan fingerprint density at radius 3 is 2.71 bits per heavy atom. The molecule has 1 unspecified atom stereocenters. The molecule has 2 rings (SSSR count). The van der Waals surface area contributed by atoms with Crippen LogP contribution in [0.3, 0.4) is 0 Å². The first-order valence-corrected chi connectivity index (χ1v) is 11.7. The molecular weight excluding hydrogens is 352 g/mol. The highest BCUT2D eigenvalue weighted by molar-refractivity contribution is 8.01. The molecule has 2 heterocycles. The fourth-order valence-corrected chi connectivity index (χ4v) is 8.52. The smallest absolute Gasteiger partial charge is 0.245 e. The molecule has 0 aliphatic carbocycles. The number of sulfone groups is 1. The van der Waals surface area contributed by atoms with Crippen molar-refractivity contribution >= 4 is 43.0 Å². The fourth-order valence-electron chi connectivity index (χ4n) is 2.08. The summed E-state index contributed by atoms with van der Waals surface area (Å²) in [7, 11) is -5.43. The zero-order chi connectivity index (χ0) is 15.7. The molecule has 1 fully saturated rings. The van der Waals surface area contributed by atoms with Crippen molar-refractivity contribution in [2.45, 2.75) is 16.8 Å². The van der Waals surface area contributed by atoms with Crippen molar-refractivity contribution in [1.29, 1.82) is 0 Å². The number of thioether (sulfide) groups is 1. The Morgan fingerprint density at radius 1 is 1.38 bits per heavy atom. The van der Waals surface area contributed by atoms with Crippen LogP contribution in [0.15, 0.2) is 16.3 Å². The Balaban J connectivity index is 2.36. The van der Waals surface area contributed by atoms with Gasteiger partial charge in [-0.25, -0.2) is 16.8 Å². The van der Waals surface area contributed by atoms with Crippen molar-refractivity contribution in [2.75, 3.05) is 31.4 Å². The van der Waals surface area contributed by atoms with E-state index in [2.05, 4.69) is 5.32 Å². The van der Waals surface area contributed by atoms with E-state index >= 15 is 0 Å². The quantitative estimate of drug-likeness (QED) is 0.816. The lowest BCUT2D eigenvalue weighted by Gasteiger charge is -2.32. The normalized spacial score (nSPS) is 21.5. The maximum Gasteiger partial charge on any atom is 0.245 e. The summed E-state index contributed by atoms with van der Waals surface area (Å²) in [5.41, 5.74) is 0. The minimum Gasteiger partial charge on any atom is -0.315 e. The van der Waals surface area contributed by atoms with Crippen molar-refractivity contribution in [3.05, 3.63) is 16.3 Å². The van der Waals surface area contributed by atoms with Gasteiger partial charge in [0, 0.05) is 41.1 Å². The summed E-state index contributed by atoms with van der Waals surface area (Å²) in [6.45, 7) is 0.813. The predicted molar refractivity (Wildman–Crippen MR) is 86.9 cm³/mol. The molecule has 1 aromatic heterocycles. The summed E-state index contributed by atoms with van der Waals surface area (Å²) in [5.74, 6) is 0.893. The standard InChI is InChI=1S/C11H18N2O4S4/c1-12-6-9-5-10(7-19-9)21(16,17)13-3-4-18-8-11(13)20(2,14)15/h5,7,11-12H,3-4,6,8H2,1-2H3. The molecule has 21 heavy (non-hydrogen) atoms. The molecule has 0 bridgehead atoms. The minimum atomic E-state index is -3.77. The Hall–Kier alpha value is -0.130. The number of thiophene rings is 1. The van der Waals surface area contributed by atoms with E-state index in [9.17, 15) is 16.8 Å². The maximum atomic E-state index is 12.7. The molecule has 1 atom stereocenters. The average molecular weight is 371 g/mol. The lowest BCUT2D eigenvalue weighted by molar-refractivity contribution is 0.405. The van der Waals surface area contributed by atoms with Crippen LogP contribution in [0.2, 0.25) is 0 Å². The first kappa shape index (κ1) is 17.2. The summed E-state index contributed by atoms with van der Waals surface area (Å²) in [6.07, 6.45) is 1.09. The van der Waals surface area contributed by atoms with E-state index < -0.39 is 25.2 Å². The van der Waals surface area contributed by atoms with Gasteiger partial charge in [-0.2, -0.15) is 16.1 Å². The van der Waals surface area contributed by atoms with Gasteiger partial charge in [0.25, 0.3) is 0 Å². The topological polar surface area (TPSA) is 83.6 Å². The van der Waals surface area contributed by atoms with Gasteiger partial charge in [-0.1, -0.05) is 0 Å². The first-order chi connectivity index (χ1) is 9.76. The molecule has 1 aliphatic rings. The third kappa shape index (κ3) is 3.80. The van der Waals surface area contributed by atoms with Crippen molar-refractivity contribution in [2.24, 2.45) is 0 Å². The lowest BCUT2D eigenvalue weighted by Crippen LogP contribution is -2.49. The van der Waals surface area contributed by atoms with Gasteiger partial charge in [-0.15, -0.1) is 11.3 Å². The highest BCUT2D eigenvalue weighted by atomic mass is 32.2. The van der Waals surface area contributed by atoms with Gasteiger partial charge < -0.3 is 5.32 Å². The lowest BCUT2D eigenvalue weighted by atomic mass is 10.5. The van der Waals surface area contributed by atoms with Gasteiger partial charge in [0.05, 0.1) is 4.90 Å². The van der Waals surface area contributed by atoms with Crippen molar-refractivity contribution in [1.82, 2.24) is 9.62 Å². The third-order valence-electron chi connectivity index (χ3n) is 3.12. The molecule has 0 radical (unpaired) electrons. The minimum absolute atomic E-state index is 0.179. The van der Waals surface area contributed by atoms with Crippen LogP contribution in [0.25, 0.3) is 0 Å². The van der Waals surface area contributed by atoms with Gasteiger partial charge in [-0.05, 0) is 13.1 Å². The summed E-state index contributed by atoms with van der Waals surface area (Å²) < 4.78 is 50.2.